The molecule has 0 aliphatic rings. The molecule has 2 aromatic rings. The summed E-state index contributed by atoms with van der Waals surface area (Å²) in [5.41, 5.74) is 10.9. The average molecular weight is 286 g/mol. The lowest BCUT2D eigenvalue weighted by Crippen LogP contribution is -2.38. The third kappa shape index (κ3) is 3.85. The minimum atomic E-state index is -0.241. The number of hydrogen-bond donors (Lipinski definition) is 5. The Bertz CT molecular complexity index is 613. The van der Waals surface area contributed by atoms with Crippen molar-refractivity contribution in [2.45, 2.75) is 0 Å². The number of nitrogens with two attached hydrogens (primary N) is 3. The zero-order valence-electron chi connectivity index (χ0n) is 11.4. The number of nitrogen functional groups attached to an aromatic ring is 2. The summed E-state index contributed by atoms with van der Waals surface area (Å²) >= 11 is 0. The molecule has 0 unspecified atom stereocenters. The van der Waals surface area contributed by atoms with Gasteiger partial charge in [0.2, 0.25) is 5.91 Å². The molecule has 0 aromatic heterocycles. The van der Waals surface area contributed by atoms with Crippen molar-refractivity contribution in [1.29, 1.82) is 0 Å². The Balaban J connectivity index is 1.96. The number of anilines is 4. The maximum absolute atomic E-state index is 11.9. The van der Waals surface area contributed by atoms with Crippen LogP contribution in [0.5, 0.6) is 0 Å². The van der Waals surface area contributed by atoms with E-state index in [-0.39, 0.29) is 12.5 Å². The van der Waals surface area contributed by atoms with Gasteiger partial charge in [0.05, 0.1) is 11.4 Å². The largest absolute Gasteiger partial charge is 0.397 e. The van der Waals surface area contributed by atoms with Crippen LogP contribution in [0.15, 0.2) is 48.5 Å². The Morgan fingerprint density at radius 3 is 2.29 bits per heavy atom. The van der Waals surface area contributed by atoms with E-state index in [1.54, 1.807) is 42.5 Å². The number of para-hydroxylation sites is 2. The van der Waals surface area contributed by atoms with E-state index in [0.29, 0.717) is 17.1 Å². The molecule has 0 bridgehead atoms. The number of carbonyl (C=O) groups excluding carboxylic acids is 1. The minimum absolute atomic E-state index is 0.00883. The summed E-state index contributed by atoms with van der Waals surface area (Å²) in [4.78, 5) is 11.9. The highest BCUT2D eigenvalue weighted by atomic mass is 16.2. The second kappa shape index (κ2) is 6.60. The first kappa shape index (κ1) is 14.6. The van der Waals surface area contributed by atoms with Crippen molar-refractivity contribution in [1.82, 2.24) is 0 Å². The van der Waals surface area contributed by atoms with Crippen molar-refractivity contribution < 1.29 is 4.79 Å². The molecule has 0 spiro atoms. The predicted molar refractivity (Wildman–Crippen MR) is 85.3 cm³/mol. The van der Waals surface area contributed by atoms with E-state index >= 15 is 0 Å². The molecule has 0 saturated heterocycles. The van der Waals surface area contributed by atoms with Gasteiger partial charge in [0.15, 0.2) is 0 Å². The third-order valence-electron chi connectivity index (χ3n) is 2.90. The summed E-state index contributed by atoms with van der Waals surface area (Å²) in [5, 5.41) is 4.05. The highest BCUT2D eigenvalue weighted by Gasteiger charge is 2.10. The minimum Gasteiger partial charge on any atom is -0.397 e. The number of rotatable bonds is 5. The Kier molecular flexibility index (Phi) is 4.60. The Hall–Kier alpha value is -2.77. The molecule has 110 valence electrons. The van der Waals surface area contributed by atoms with Gasteiger partial charge in [-0.25, -0.2) is 5.84 Å². The van der Waals surface area contributed by atoms with Crippen molar-refractivity contribution in [2.24, 2.45) is 11.7 Å². The van der Waals surface area contributed by atoms with Gasteiger partial charge in [0.25, 0.3) is 0 Å². The molecule has 0 atom stereocenters. The first-order valence-electron chi connectivity index (χ1n) is 6.33. The van der Waals surface area contributed by atoms with Gasteiger partial charge in [-0.05, 0) is 36.4 Å². The van der Waals surface area contributed by atoms with Gasteiger partial charge in [0.1, 0.15) is 6.54 Å². The van der Waals surface area contributed by atoms with Gasteiger partial charge in [-0.15, -0.1) is 0 Å². The van der Waals surface area contributed by atoms with Crippen LogP contribution in [0.2, 0.25) is 0 Å². The molecule has 7 nitrogen and oxygen atoms in total. The number of nitrogens with zero attached hydrogens (tertiary/aromatic N) is 1. The molecule has 1 amide bonds. The topological polar surface area (TPSA) is 122 Å². The van der Waals surface area contributed by atoms with Gasteiger partial charge in [-0.3, -0.25) is 15.6 Å². The standard InChI is InChI=1S/C14H18N6O/c15-12-3-1-2-4-13(12)20(17)9-14(21)18-10-5-7-11(19-16)8-6-10/h1-8,19H,9,15-17H2,(H,18,21). The maximum Gasteiger partial charge on any atom is 0.245 e. The zero-order chi connectivity index (χ0) is 15.2. The van der Waals surface area contributed by atoms with Crippen molar-refractivity contribution >= 4 is 28.7 Å². The molecule has 0 saturated carbocycles. The predicted octanol–water partition coefficient (Wildman–Crippen LogP) is 0.873. The van der Waals surface area contributed by atoms with Crippen LogP contribution in [0.4, 0.5) is 22.7 Å². The molecule has 0 fully saturated rings. The number of nitrogens with one attached hydrogen (secondary N) is 2. The summed E-state index contributed by atoms with van der Waals surface area (Å²) in [7, 11) is 0. The maximum atomic E-state index is 11.9. The molecule has 7 heteroatoms. The lowest BCUT2D eigenvalue weighted by atomic mass is 10.2. The molecule has 0 aliphatic carbocycles. The normalized spacial score (nSPS) is 10.0. The summed E-state index contributed by atoms with van der Waals surface area (Å²) in [6, 6.07) is 14.1. The lowest BCUT2D eigenvalue weighted by molar-refractivity contribution is -0.115. The van der Waals surface area contributed by atoms with Gasteiger partial charge < -0.3 is 16.5 Å². The summed E-state index contributed by atoms with van der Waals surface area (Å²) in [6.07, 6.45) is 0. The van der Waals surface area contributed by atoms with Crippen LogP contribution in [0.1, 0.15) is 0 Å². The fourth-order valence-corrected chi connectivity index (χ4v) is 1.84. The van der Waals surface area contributed by atoms with E-state index in [0.717, 1.165) is 5.69 Å². The summed E-state index contributed by atoms with van der Waals surface area (Å²) in [6.45, 7) is -0.00883. The first-order chi connectivity index (χ1) is 10.1. The van der Waals surface area contributed by atoms with E-state index in [2.05, 4.69) is 10.7 Å². The van der Waals surface area contributed by atoms with Gasteiger partial charge in [-0.1, -0.05) is 12.1 Å². The van der Waals surface area contributed by atoms with Crippen molar-refractivity contribution in [3.8, 4) is 0 Å². The van der Waals surface area contributed by atoms with Crippen LogP contribution in [0.3, 0.4) is 0 Å². The molecule has 2 rings (SSSR count). The smallest absolute Gasteiger partial charge is 0.245 e. The fourth-order valence-electron chi connectivity index (χ4n) is 1.84. The Labute approximate surface area is 122 Å². The second-order valence-electron chi connectivity index (χ2n) is 4.46. The van der Waals surface area contributed by atoms with E-state index < -0.39 is 0 Å². The summed E-state index contributed by atoms with van der Waals surface area (Å²) < 4.78 is 0. The van der Waals surface area contributed by atoms with Crippen molar-refractivity contribution in [2.75, 3.05) is 28.0 Å². The SMILES string of the molecule is NNc1ccc(NC(=O)CN(N)c2ccccc2N)cc1. The van der Waals surface area contributed by atoms with Crippen LogP contribution in [-0.2, 0) is 4.79 Å². The van der Waals surface area contributed by atoms with Crippen LogP contribution < -0.4 is 33.2 Å². The number of benzene rings is 2. The van der Waals surface area contributed by atoms with E-state index in [1.165, 1.54) is 5.01 Å². The Morgan fingerprint density at radius 2 is 1.67 bits per heavy atom. The zero-order valence-corrected chi connectivity index (χ0v) is 11.4. The molecule has 8 N–H and O–H groups in total. The van der Waals surface area contributed by atoms with Crippen LogP contribution in [0.25, 0.3) is 0 Å². The van der Waals surface area contributed by atoms with Gasteiger partial charge in [0, 0.05) is 11.4 Å². The van der Waals surface area contributed by atoms with E-state index in [9.17, 15) is 4.79 Å². The van der Waals surface area contributed by atoms with Crippen LogP contribution in [0, 0.1) is 0 Å². The fraction of sp³-hybridized carbons (Fsp3) is 0.0714. The summed E-state index contributed by atoms with van der Waals surface area (Å²) in [5.74, 6) is 10.9. The highest BCUT2D eigenvalue weighted by molar-refractivity contribution is 5.94. The number of hydrazine groups is 2. The first-order valence-corrected chi connectivity index (χ1v) is 6.33. The number of amides is 1. The van der Waals surface area contributed by atoms with Gasteiger partial charge in [-0.2, -0.15) is 0 Å². The monoisotopic (exact) mass is 286 g/mol. The van der Waals surface area contributed by atoms with Crippen molar-refractivity contribution in [3.63, 3.8) is 0 Å². The van der Waals surface area contributed by atoms with E-state index in [1.807, 2.05) is 6.07 Å². The van der Waals surface area contributed by atoms with Crippen LogP contribution >= 0.6 is 0 Å². The van der Waals surface area contributed by atoms with E-state index in [4.69, 9.17) is 17.4 Å². The molecule has 0 radical (unpaired) electrons. The quantitative estimate of drug-likeness (QED) is 0.316. The third-order valence-corrected chi connectivity index (χ3v) is 2.90. The van der Waals surface area contributed by atoms with Crippen molar-refractivity contribution in [3.05, 3.63) is 48.5 Å². The molecule has 0 heterocycles. The Morgan fingerprint density at radius 1 is 1.05 bits per heavy atom. The number of hydrogen-bond acceptors (Lipinski definition) is 6. The molecular formula is C14H18N6O. The molecular weight excluding hydrogens is 268 g/mol. The molecule has 2 aromatic carbocycles. The van der Waals surface area contributed by atoms with Gasteiger partial charge >= 0.3 is 0 Å². The lowest BCUT2D eigenvalue weighted by Gasteiger charge is -2.19. The average Bonchev–Trinajstić information content (AvgIpc) is 2.48. The molecule has 0 aliphatic heterocycles. The second-order valence-corrected chi connectivity index (χ2v) is 4.46. The molecule has 21 heavy (non-hydrogen) atoms. The number of carbonyl (C=O) groups is 1. The van der Waals surface area contributed by atoms with Crippen LogP contribution in [-0.4, -0.2) is 12.5 Å². The highest BCUT2D eigenvalue weighted by Crippen LogP contribution is 2.19.